The molecule has 4 nitrogen and oxygen atoms in total. The van der Waals surface area contributed by atoms with Crippen LogP contribution in [0.4, 0.5) is 26.3 Å². The lowest BCUT2D eigenvalue weighted by atomic mass is 10.1. The zero-order valence-corrected chi connectivity index (χ0v) is 22.6. The van der Waals surface area contributed by atoms with Crippen molar-refractivity contribution >= 4 is 29.1 Å². The van der Waals surface area contributed by atoms with E-state index >= 15 is 0 Å². The Labute approximate surface area is 233 Å². The van der Waals surface area contributed by atoms with E-state index in [-0.39, 0.29) is 12.0 Å². The van der Waals surface area contributed by atoms with E-state index in [1.807, 2.05) is 0 Å². The normalized spacial score (nSPS) is 12.4. The van der Waals surface area contributed by atoms with Crippen molar-refractivity contribution in [3.05, 3.63) is 99.3 Å². The van der Waals surface area contributed by atoms with Gasteiger partial charge in [-0.3, -0.25) is 0 Å². The number of thiazole rings is 1. The van der Waals surface area contributed by atoms with Crippen molar-refractivity contribution in [2.24, 2.45) is 0 Å². The predicted octanol–water partition coefficient (Wildman–Crippen LogP) is 8.40. The third-order valence-electron chi connectivity index (χ3n) is 5.82. The molecule has 0 saturated carbocycles. The van der Waals surface area contributed by atoms with Crippen LogP contribution in [0.3, 0.4) is 0 Å². The number of ether oxygens (including phenoxy) is 1. The molecule has 0 fully saturated rings. The number of carboxylic acid groups (broad SMARTS) is 1. The molecule has 0 aliphatic carbocycles. The molecule has 1 N–H and O–H groups in total. The lowest BCUT2D eigenvalue weighted by Crippen LogP contribution is -2.10. The number of benzene rings is 3. The molecule has 1 aromatic heterocycles. The average molecular weight is 598 g/mol. The molecule has 0 amide bonds. The lowest BCUT2D eigenvalue weighted by Gasteiger charge is -2.17. The molecule has 0 bridgehead atoms. The molecule has 0 radical (unpaired) electrons. The van der Waals surface area contributed by atoms with Gasteiger partial charge in [0.2, 0.25) is 0 Å². The quantitative estimate of drug-likeness (QED) is 0.119. The van der Waals surface area contributed by atoms with Gasteiger partial charge in [0.05, 0.1) is 11.3 Å². The Kier molecular flexibility index (Phi) is 8.79. The Morgan fingerprint density at radius 2 is 1.68 bits per heavy atom. The van der Waals surface area contributed by atoms with Crippen LogP contribution in [0.5, 0.6) is 5.75 Å². The van der Waals surface area contributed by atoms with E-state index in [2.05, 4.69) is 4.98 Å². The van der Waals surface area contributed by atoms with Gasteiger partial charge in [-0.05, 0) is 73.9 Å². The van der Waals surface area contributed by atoms with E-state index in [9.17, 15) is 31.1 Å². The SMILES string of the molecule is Cc1cc(SC(Cc2cc(F)c(F)c(F)c2)c2sc(-c3ccc(C(F)(F)F)cc3)nc2C)ccc1OCC(=O)O. The summed E-state index contributed by atoms with van der Waals surface area (Å²) in [5, 5.41) is 8.87. The summed E-state index contributed by atoms with van der Waals surface area (Å²) in [6, 6.07) is 11.5. The highest BCUT2D eigenvalue weighted by atomic mass is 32.2. The minimum atomic E-state index is -4.48. The molecule has 1 heterocycles. The maximum absolute atomic E-state index is 14.0. The van der Waals surface area contributed by atoms with Crippen molar-refractivity contribution in [3.8, 4) is 16.3 Å². The molecule has 40 heavy (non-hydrogen) atoms. The number of aliphatic carboxylic acids is 1. The summed E-state index contributed by atoms with van der Waals surface area (Å²) in [4.78, 5) is 16.8. The number of thioether (sulfide) groups is 1. The molecule has 0 saturated heterocycles. The van der Waals surface area contributed by atoms with Crippen LogP contribution in [-0.2, 0) is 17.4 Å². The van der Waals surface area contributed by atoms with E-state index in [0.29, 0.717) is 32.5 Å². The van der Waals surface area contributed by atoms with Crippen LogP contribution < -0.4 is 4.74 Å². The second kappa shape index (κ2) is 11.9. The molecular formula is C28H21F6NO3S2. The highest BCUT2D eigenvalue weighted by molar-refractivity contribution is 7.99. The van der Waals surface area contributed by atoms with Crippen LogP contribution in [0.25, 0.3) is 10.6 Å². The first kappa shape index (κ1) is 29.5. The first-order valence-corrected chi connectivity index (χ1v) is 13.4. The topological polar surface area (TPSA) is 59.4 Å². The molecular weight excluding hydrogens is 576 g/mol. The van der Waals surface area contributed by atoms with Gasteiger partial charge in [0, 0.05) is 20.6 Å². The van der Waals surface area contributed by atoms with Gasteiger partial charge in [-0.1, -0.05) is 12.1 Å². The summed E-state index contributed by atoms with van der Waals surface area (Å²) in [6.45, 7) is 2.96. The van der Waals surface area contributed by atoms with E-state index in [0.717, 1.165) is 29.2 Å². The van der Waals surface area contributed by atoms with E-state index in [4.69, 9.17) is 9.84 Å². The second-order valence-electron chi connectivity index (χ2n) is 8.84. The number of carboxylic acids is 1. The summed E-state index contributed by atoms with van der Waals surface area (Å²) < 4.78 is 85.9. The van der Waals surface area contributed by atoms with Gasteiger partial charge in [0.25, 0.3) is 0 Å². The van der Waals surface area contributed by atoms with Crippen LogP contribution in [0.2, 0.25) is 0 Å². The zero-order valence-electron chi connectivity index (χ0n) is 21.0. The van der Waals surface area contributed by atoms with Crippen molar-refractivity contribution in [1.29, 1.82) is 0 Å². The largest absolute Gasteiger partial charge is 0.482 e. The van der Waals surface area contributed by atoms with Gasteiger partial charge >= 0.3 is 12.1 Å². The molecule has 3 aromatic carbocycles. The van der Waals surface area contributed by atoms with Crippen molar-refractivity contribution in [3.63, 3.8) is 0 Å². The lowest BCUT2D eigenvalue weighted by molar-refractivity contribution is -0.139. The summed E-state index contributed by atoms with van der Waals surface area (Å²) in [6.07, 6.45) is -4.39. The Hall–Kier alpha value is -3.51. The Morgan fingerprint density at radius 1 is 1.02 bits per heavy atom. The second-order valence-corrected chi connectivity index (χ2v) is 11.1. The molecule has 1 atom stereocenters. The standard InChI is InChI=1S/C28H21F6NO3S2/c1-14-9-19(7-8-22(14)38-13-24(36)37)39-23(12-16-10-20(29)25(31)21(30)11-16)26-15(2)35-27(40-26)17-3-5-18(6-4-17)28(32,33)34/h3-11,23H,12-13H2,1-2H3,(H,36,37). The van der Waals surface area contributed by atoms with Crippen molar-refractivity contribution in [2.45, 2.75) is 36.6 Å². The Morgan fingerprint density at radius 3 is 2.25 bits per heavy atom. The summed E-state index contributed by atoms with van der Waals surface area (Å²) in [5.74, 6) is -4.95. The number of hydrogen-bond donors (Lipinski definition) is 1. The van der Waals surface area contributed by atoms with Gasteiger partial charge in [-0.25, -0.2) is 22.9 Å². The fourth-order valence-corrected chi connectivity index (χ4v) is 6.54. The first-order chi connectivity index (χ1) is 18.8. The number of nitrogens with zero attached hydrogens (tertiary/aromatic N) is 1. The fourth-order valence-electron chi connectivity index (χ4n) is 3.92. The highest BCUT2D eigenvalue weighted by Gasteiger charge is 2.30. The molecule has 0 spiro atoms. The number of carbonyl (C=O) groups is 1. The van der Waals surface area contributed by atoms with Gasteiger partial charge < -0.3 is 9.84 Å². The minimum absolute atomic E-state index is 0.0879. The van der Waals surface area contributed by atoms with Crippen LogP contribution in [0, 0.1) is 31.3 Å². The Bertz CT molecular complexity index is 1510. The van der Waals surface area contributed by atoms with Crippen molar-refractivity contribution in [1.82, 2.24) is 4.98 Å². The van der Waals surface area contributed by atoms with E-state index in [1.54, 1.807) is 32.0 Å². The zero-order chi connectivity index (χ0) is 29.2. The van der Waals surface area contributed by atoms with Crippen molar-refractivity contribution < 1.29 is 41.0 Å². The van der Waals surface area contributed by atoms with E-state index < -0.39 is 47.0 Å². The fraction of sp³-hybridized carbons (Fsp3) is 0.214. The summed E-state index contributed by atoms with van der Waals surface area (Å²) in [7, 11) is 0. The highest BCUT2D eigenvalue weighted by Crippen LogP contribution is 2.44. The molecule has 0 aliphatic rings. The molecule has 4 aromatic rings. The number of aromatic nitrogens is 1. The number of aryl methyl sites for hydroxylation is 2. The monoisotopic (exact) mass is 597 g/mol. The van der Waals surface area contributed by atoms with E-state index in [1.165, 1.54) is 35.2 Å². The van der Waals surface area contributed by atoms with Gasteiger partial charge in [-0.15, -0.1) is 23.1 Å². The molecule has 210 valence electrons. The maximum atomic E-state index is 14.0. The molecule has 12 heteroatoms. The third-order valence-corrected chi connectivity index (χ3v) is 8.51. The van der Waals surface area contributed by atoms with Crippen LogP contribution in [0.15, 0.2) is 59.5 Å². The molecule has 0 aliphatic heterocycles. The summed E-state index contributed by atoms with van der Waals surface area (Å²) in [5.41, 5.74) is 1.14. The summed E-state index contributed by atoms with van der Waals surface area (Å²) >= 11 is 2.58. The van der Waals surface area contributed by atoms with Gasteiger partial charge in [0.1, 0.15) is 10.8 Å². The molecule has 4 rings (SSSR count). The van der Waals surface area contributed by atoms with Gasteiger partial charge in [0.15, 0.2) is 24.1 Å². The number of rotatable bonds is 9. The third kappa shape index (κ3) is 6.97. The number of halogens is 6. The smallest absolute Gasteiger partial charge is 0.416 e. The predicted molar refractivity (Wildman–Crippen MR) is 140 cm³/mol. The van der Waals surface area contributed by atoms with Crippen LogP contribution in [-0.4, -0.2) is 22.7 Å². The van der Waals surface area contributed by atoms with Crippen LogP contribution >= 0.6 is 23.1 Å². The maximum Gasteiger partial charge on any atom is 0.416 e. The van der Waals surface area contributed by atoms with Gasteiger partial charge in [-0.2, -0.15) is 13.2 Å². The Balaban J connectivity index is 1.69. The number of hydrogen-bond acceptors (Lipinski definition) is 5. The first-order valence-electron chi connectivity index (χ1n) is 11.7. The minimum Gasteiger partial charge on any atom is -0.482 e. The average Bonchev–Trinajstić information content (AvgIpc) is 3.27. The van der Waals surface area contributed by atoms with Crippen molar-refractivity contribution in [2.75, 3.05) is 6.61 Å². The molecule has 1 unspecified atom stereocenters. The van der Waals surface area contributed by atoms with Crippen LogP contribution in [0.1, 0.15) is 32.5 Å². The number of alkyl halides is 3.